The highest BCUT2D eigenvalue weighted by molar-refractivity contribution is 6.05. The summed E-state index contributed by atoms with van der Waals surface area (Å²) in [6.07, 6.45) is 3.01. The van der Waals surface area contributed by atoms with E-state index in [0.29, 0.717) is 29.9 Å². The van der Waals surface area contributed by atoms with Gasteiger partial charge in [-0.25, -0.2) is 0 Å². The lowest BCUT2D eigenvalue weighted by atomic mass is 10.1. The first kappa shape index (κ1) is 18.1. The van der Waals surface area contributed by atoms with Crippen LogP contribution in [0.3, 0.4) is 0 Å². The van der Waals surface area contributed by atoms with Gasteiger partial charge in [0.05, 0.1) is 11.1 Å². The number of rotatable bonds is 4. The zero-order valence-corrected chi connectivity index (χ0v) is 15.2. The average molecular weight is 352 g/mol. The molecular weight excluding hydrogens is 328 g/mol. The molecule has 0 spiro atoms. The van der Waals surface area contributed by atoms with Crippen molar-refractivity contribution in [3.8, 4) is 0 Å². The van der Waals surface area contributed by atoms with E-state index in [2.05, 4.69) is 22.1 Å². The second kappa shape index (κ2) is 8.10. The molecule has 26 heavy (non-hydrogen) atoms. The van der Waals surface area contributed by atoms with Gasteiger partial charge in [0.1, 0.15) is 0 Å². The first-order chi connectivity index (χ1) is 12.6. The van der Waals surface area contributed by atoms with Crippen LogP contribution < -0.4 is 5.32 Å². The van der Waals surface area contributed by atoms with Crippen molar-refractivity contribution in [1.29, 1.82) is 0 Å². The van der Waals surface area contributed by atoms with Gasteiger partial charge in [0.2, 0.25) is 0 Å². The van der Waals surface area contributed by atoms with Gasteiger partial charge in [-0.3, -0.25) is 14.6 Å². The van der Waals surface area contributed by atoms with E-state index < -0.39 is 0 Å². The topological polar surface area (TPSA) is 65.5 Å². The van der Waals surface area contributed by atoms with Gasteiger partial charge in [0.15, 0.2) is 0 Å². The number of likely N-dealkylation sites (N-methyl/N-ethyl adjacent to an activating group) is 1. The molecule has 1 aliphatic rings. The number of nitrogens with one attached hydrogen (secondary N) is 1. The molecule has 6 heteroatoms. The highest BCUT2D eigenvalue weighted by atomic mass is 16.2. The molecule has 0 aliphatic carbocycles. The third-order valence-corrected chi connectivity index (χ3v) is 4.66. The van der Waals surface area contributed by atoms with Crippen LogP contribution in [0.25, 0.3) is 0 Å². The fourth-order valence-corrected chi connectivity index (χ4v) is 2.97. The van der Waals surface area contributed by atoms with Crippen LogP contribution in [0.2, 0.25) is 0 Å². The van der Waals surface area contributed by atoms with Crippen molar-refractivity contribution in [1.82, 2.24) is 14.8 Å². The summed E-state index contributed by atoms with van der Waals surface area (Å²) >= 11 is 0. The second-order valence-electron chi connectivity index (χ2n) is 6.51. The summed E-state index contributed by atoms with van der Waals surface area (Å²) in [5, 5.41) is 2.83. The predicted octanol–water partition coefficient (Wildman–Crippen LogP) is 2.42. The molecule has 0 saturated carbocycles. The van der Waals surface area contributed by atoms with E-state index in [1.807, 2.05) is 36.1 Å². The zero-order valence-electron chi connectivity index (χ0n) is 15.2. The Labute approximate surface area is 153 Å². The normalized spacial score (nSPS) is 14.9. The van der Waals surface area contributed by atoms with Gasteiger partial charge in [0, 0.05) is 44.3 Å². The van der Waals surface area contributed by atoms with Crippen LogP contribution in [0, 0.1) is 6.92 Å². The minimum Gasteiger partial charge on any atom is -0.336 e. The summed E-state index contributed by atoms with van der Waals surface area (Å²) in [5.74, 6) is -0.343. The summed E-state index contributed by atoms with van der Waals surface area (Å²) in [7, 11) is 0. The number of pyridine rings is 1. The van der Waals surface area contributed by atoms with E-state index in [-0.39, 0.29) is 11.8 Å². The lowest BCUT2D eigenvalue weighted by Crippen LogP contribution is -2.48. The highest BCUT2D eigenvalue weighted by Crippen LogP contribution is 2.13. The smallest absolute Gasteiger partial charge is 0.257 e. The molecule has 3 rings (SSSR count). The van der Waals surface area contributed by atoms with Crippen LogP contribution in [-0.2, 0) is 0 Å². The standard InChI is InChI=1S/C20H24N4O2/c1-3-23-8-10-24(11-9-23)20(26)17-12-16(13-21-14-17)19(25)22-18-6-4-15(2)5-7-18/h4-7,12-14H,3,8-11H2,1-2H3,(H,22,25). The molecule has 136 valence electrons. The number of aryl methyl sites for hydroxylation is 1. The maximum Gasteiger partial charge on any atom is 0.257 e. The van der Waals surface area contributed by atoms with Gasteiger partial charge in [0.25, 0.3) is 11.8 Å². The van der Waals surface area contributed by atoms with Crippen molar-refractivity contribution >= 4 is 17.5 Å². The molecular formula is C20H24N4O2. The number of piperazine rings is 1. The Morgan fingerprint density at radius 1 is 1.04 bits per heavy atom. The Kier molecular flexibility index (Phi) is 5.63. The SMILES string of the molecule is CCN1CCN(C(=O)c2cncc(C(=O)Nc3ccc(C)cc3)c2)CC1. The van der Waals surface area contributed by atoms with E-state index >= 15 is 0 Å². The van der Waals surface area contributed by atoms with Crippen molar-refractivity contribution in [3.63, 3.8) is 0 Å². The van der Waals surface area contributed by atoms with Crippen LogP contribution >= 0.6 is 0 Å². The van der Waals surface area contributed by atoms with E-state index in [4.69, 9.17) is 0 Å². The Morgan fingerprint density at radius 2 is 1.69 bits per heavy atom. The van der Waals surface area contributed by atoms with Crippen LogP contribution in [0.5, 0.6) is 0 Å². The van der Waals surface area contributed by atoms with Gasteiger partial charge >= 0.3 is 0 Å². The Balaban J connectivity index is 1.68. The molecule has 0 unspecified atom stereocenters. The average Bonchev–Trinajstić information content (AvgIpc) is 2.69. The number of benzene rings is 1. The lowest BCUT2D eigenvalue weighted by Gasteiger charge is -2.34. The number of amides is 2. The Hall–Kier alpha value is -2.73. The van der Waals surface area contributed by atoms with E-state index in [1.54, 1.807) is 6.07 Å². The summed E-state index contributed by atoms with van der Waals surface area (Å²) in [6, 6.07) is 9.18. The first-order valence-corrected chi connectivity index (χ1v) is 8.91. The van der Waals surface area contributed by atoms with Crippen molar-refractivity contribution in [2.75, 3.05) is 38.0 Å². The van der Waals surface area contributed by atoms with Gasteiger partial charge in [-0.05, 0) is 31.7 Å². The molecule has 2 heterocycles. The minimum atomic E-state index is -0.271. The molecule has 1 aliphatic heterocycles. The molecule has 2 aromatic rings. The fourth-order valence-electron chi connectivity index (χ4n) is 2.97. The van der Waals surface area contributed by atoms with Gasteiger partial charge in [-0.2, -0.15) is 0 Å². The number of carbonyl (C=O) groups excluding carboxylic acids is 2. The van der Waals surface area contributed by atoms with Gasteiger partial charge in [-0.1, -0.05) is 24.6 Å². The monoisotopic (exact) mass is 352 g/mol. The summed E-state index contributed by atoms with van der Waals surface area (Å²) in [4.78, 5) is 33.4. The van der Waals surface area contributed by atoms with Crippen LogP contribution in [-0.4, -0.2) is 59.3 Å². The minimum absolute atomic E-state index is 0.0711. The van der Waals surface area contributed by atoms with Crippen molar-refractivity contribution in [3.05, 3.63) is 59.4 Å². The first-order valence-electron chi connectivity index (χ1n) is 8.91. The highest BCUT2D eigenvalue weighted by Gasteiger charge is 2.22. The van der Waals surface area contributed by atoms with Crippen LogP contribution in [0.15, 0.2) is 42.7 Å². The molecule has 6 nitrogen and oxygen atoms in total. The number of aromatic nitrogens is 1. The number of hydrogen-bond donors (Lipinski definition) is 1. The van der Waals surface area contributed by atoms with Crippen molar-refractivity contribution < 1.29 is 9.59 Å². The Morgan fingerprint density at radius 3 is 2.35 bits per heavy atom. The third kappa shape index (κ3) is 4.26. The van der Waals surface area contributed by atoms with E-state index in [1.165, 1.54) is 12.4 Å². The number of nitrogens with zero attached hydrogens (tertiary/aromatic N) is 3. The molecule has 1 saturated heterocycles. The summed E-state index contributed by atoms with van der Waals surface area (Å²) in [5.41, 5.74) is 2.67. The van der Waals surface area contributed by atoms with E-state index in [9.17, 15) is 9.59 Å². The summed E-state index contributed by atoms with van der Waals surface area (Å²) < 4.78 is 0. The number of carbonyl (C=O) groups is 2. The maximum atomic E-state index is 12.7. The molecule has 2 amide bonds. The number of hydrogen-bond acceptors (Lipinski definition) is 4. The summed E-state index contributed by atoms with van der Waals surface area (Å²) in [6.45, 7) is 8.27. The Bertz CT molecular complexity index is 781. The molecule has 1 N–H and O–H groups in total. The fraction of sp³-hybridized carbons (Fsp3) is 0.350. The van der Waals surface area contributed by atoms with Crippen LogP contribution in [0.4, 0.5) is 5.69 Å². The quantitative estimate of drug-likeness (QED) is 0.918. The van der Waals surface area contributed by atoms with Gasteiger partial charge < -0.3 is 15.1 Å². The zero-order chi connectivity index (χ0) is 18.5. The van der Waals surface area contributed by atoms with Crippen molar-refractivity contribution in [2.45, 2.75) is 13.8 Å². The molecule has 1 aromatic heterocycles. The van der Waals surface area contributed by atoms with Gasteiger partial charge in [-0.15, -0.1) is 0 Å². The van der Waals surface area contributed by atoms with Crippen LogP contribution in [0.1, 0.15) is 33.2 Å². The largest absolute Gasteiger partial charge is 0.336 e. The number of anilines is 1. The molecule has 1 fully saturated rings. The molecule has 0 bridgehead atoms. The third-order valence-electron chi connectivity index (χ3n) is 4.66. The molecule has 1 aromatic carbocycles. The van der Waals surface area contributed by atoms with Crippen molar-refractivity contribution in [2.24, 2.45) is 0 Å². The maximum absolute atomic E-state index is 12.7. The van der Waals surface area contributed by atoms with E-state index in [0.717, 1.165) is 25.2 Å². The predicted molar refractivity (Wildman–Crippen MR) is 101 cm³/mol. The second-order valence-corrected chi connectivity index (χ2v) is 6.51. The lowest BCUT2D eigenvalue weighted by molar-refractivity contribution is 0.0643. The molecule has 0 atom stereocenters. The molecule has 0 radical (unpaired) electrons.